The van der Waals surface area contributed by atoms with E-state index in [0.29, 0.717) is 6.04 Å². The molecule has 0 spiro atoms. The molecule has 1 N–H and O–H groups in total. The quantitative estimate of drug-likeness (QED) is 0.833. The Bertz CT molecular complexity index is 353. The first-order valence-electron chi connectivity index (χ1n) is 7.09. The van der Waals surface area contributed by atoms with Crippen molar-refractivity contribution < 1.29 is 4.52 Å². The lowest BCUT2D eigenvalue weighted by Crippen LogP contribution is -2.45. The van der Waals surface area contributed by atoms with Gasteiger partial charge in [-0.2, -0.15) is 4.98 Å². The molecule has 1 aromatic rings. The van der Waals surface area contributed by atoms with Crippen LogP contribution in [-0.4, -0.2) is 40.7 Å². The second-order valence-electron chi connectivity index (χ2n) is 4.89. The van der Waals surface area contributed by atoms with Gasteiger partial charge in [-0.15, -0.1) is 0 Å². The van der Waals surface area contributed by atoms with Gasteiger partial charge in [0.1, 0.15) is 0 Å². The molecule has 1 aliphatic heterocycles. The lowest BCUT2D eigenvalue weighted by atomic mass is 10.0. The Morgan fingerprint density at radius 2 is 2.28 bits per heavy atom. The largest absolute Gasteiger partial charge is 0.339 e. The van der Waals surface area contributed by atoms with Gasteiger partial charge in [-0.1, -0.05) is 25.4 Å². The van der Waals surface area contributed by atoms with E-state index in [0.717, 1.165) is 44.3 Å². The van der Waals surface area contributed by atoms with Crippen molar-refractivity contribution in [3.05, 3.63) is 11.7 Å². The van der Waals surface area contributed by atoms with Gasteiger partial charge >= 0.3 is 0 Å². The molecule has 5 heteroatoms. The number of piperidine rings is 1. The summed E-state index contributed by atoms with van der Waals surface area (Å²) in [4.78, 5) is 6.88. The third-order valence-electron chi connectivity index (χ3n) is 3.54. The number of hydrogen-bond donors (Lipinski definition) is 1. The number of rotatable bonds is 6. The highest BCUT2D eigenvalue weighted by Gasteiger charge is 2.23. The predicted octanol–water partition coefficient (Wildman–Crippen LogP) is 1.60. The standard InChI is InChI=1S/C13H24N4O/c1-3-13-15-12(16-18-13)10-17-8-6-5-7-11(17)9-14-4-2/h11,14H,3-10H2,1-2H3. The number of aromatic nitrogens is 2. The average Bonchev–Trinajstić information content (AvgIpc) is 2.85. The van der Waals surface area contributed by atoms with Crippen LogP contribution in [0.3, 0.4) is 0 Å². The molecule has 1 unspecified atom stereocenters. The Balaban J connectivity index is 1.91. The maximum Gasteiger partial charge on any atom is 0.226 e. The molecular formula is C13H24N4O. The highest BCUT2D eigenvalue weighted by molar-refractivity contribution is 4.89. The minimum Gasteiger partial charge on any atom is -0.339 e. The van der Waals surface area contributed by atoms with Gasteiger partial charge < -0.3 is 9.84 Å². The zero-order valence-electron chi connectivity index (χ0n) is 11.5. The number of likely N-dealkylation sites (tertiary alicyclic amines) is 1. The highest BCUT2D eigenvalue weighted by atomic mass is 16.5. The van der Waals surface area contributed by atoms with E-state index in [-0.39, 0.29) is 0 Å². The molecule has 2 rings (SSSR count). The third kappa shape index (κ3) is 3.53. The molecule has 5 nitrogen and oxygen atoms in total. The fourth-order valence-corrected chi connectivity index (χ4v) is 2.49. The van der Waals surface area contributed by atoms with E-state index in [1.54, 1.807) is 0 Å². The molecule has 0 saturated carbocycles. The summed E-state index contributed by atoms with van der Waals surface area (Å²) in [5, 5.41) is 7.49. The Hall–Kier alpha value is -0.940. The first-order valence-corrected chi connectivity index (χ1v) is 7.09. The second kappa shape index (κ2) is 6.85. The van der Waals surface area contributed by atoms with Gasteiger partial charge in [0.2, 0.25) is 5.89 Å². The van der Waals surface area contributed by atoms with E-state index < -0.39 is 0 Å². The van der Waals surface area contributed by atoms with E-state index in [9.17, 15) is 0 Å². The van der Waals surface area contributed by atoms with Gasteiger partial charge in [-0.05, 0) is 25.9 Å². The van der Waals surface area contributed by atoms with Crippen molar-refractivity contribution in [1.82, 2.24) is 20.4 Å². The van der Waals surface area contributed by atoms with Crippen LogP contribution in [0.5, 0.6) is 0 Å². The highest BCUT2D eigenvalue weighted by Crippen LogP contribution is 2.18. The summed E-state index contributed by atoms with van der Waals surface area (Å²) < 4.78 is 5.17. The van der Waals surface area contributed by atoms with E-state index >= 15 is 0 Å². The summed E-state index contributed by atoms with van der Waals surface area (Å²) in [6, 6.07) is 0.613. The monoisotopic (exact) mass is 252 g/mol. The first kappa shape index (κ1) is 13.5. The lowest BCUT2D eigenvalue weighted by molar-refractivity contribution is 0.133. The molecule has 0 radical (unpaired) electrons. The topological polar surface area (TPSA) is 54.2 Å². The van der Waals surface area contributed by atoms with Gasteiger partial charge in [0.15, 0.2) is 5.82 Å². The van der Waals surface area contributed by atoms with Crippen LogP contribution in [0.25, 0.3) is 0 Å². The molecule has 0 amide bonds. The fourth-order valence-electron chi connectivity index (χ4n) is 2.49. The van der Waals surface area contributed by atoms with Crippen molar-refractivity contribution >= 4 is 0 Å². The normalized spacial score (nSPS) is 21.3. The van der Waals surface area contributed by atoms with E-state index in [4.69, 9.17) is 4.52 Å². The molecule has 18 heavy (non-hydrogen) atoms. The Labute approximate surface area is 109 Å². The predicted molar refractivity (Wildman–Crippen MR) is 70.3 cm³/mol. The van der Waals surface area contributed by atoms with Gasteiger partial charge in [0, 0.05) is 19.0 Å². The summed E-state index contributed by atoms with van der Waals surface area (Å²) in [6.45, 7) is 8.25. The molecule has 102 valence electrons. The minimum absolute atomic E-state index is 0.613. The Morgan fingerprint density at radius 1 is 1.39 bits per heavy atom. The Morgan fingerprint density at radius 3 is 3.00 bits per heavy atom. The summed E-state index contributed by atoms with van der Waals surface area (Å²) in [5.41, 5.74) is 0. The van der Waals surface area contributed by atoms with Crippen LogP contribution in [0.1, 0.15) is 44.8 Å². The second-order valence-corrected chi connectivity index (χ2v) is 4.89. The molecule has 1 saturated heterocycles. The number of aryl methyl sites for hydroxylation is 1. The van der Waals surface area contributed by atoms with Crippen molar-refractivity contribution in [1.29, 1.82) is 0 Å². The number of nitrogens with zero attached hydrogens (tertiary/aromatic N) is 3. The minimum atomic E-state index is 0.613. The number of hydrogen-bond acceptors (Lipinski definition) is 5. The van der Waals surface area contributed by atoms with Crippen molar-refractivity contribution in [2.75, 3.05) is 19.6 Å². The summed E-state index contributed by atoms with van der Waals surface area (Å²) in [6.07, 6.45) is 4.69. The summed E-state index contributed by atoms with van der Waals surface area (Å²) >= 11 is 0. The molecule has 2 heterocycles. The Kier molecular flexibility index (Phi) is 5.13. The maximum absolute atomic E-state index is 5.17. The fraction of sp³-hybridized carbons (Fsp3) is 0.846. The van der Waals surface area contributed by atoms with Crippen LogP contribution in [0.15, 0.2) is 4.52 Å². The zero-order valence-corrected chi connectivity index (χ0v) is 11.5. The SMILES string of the molecule is CCNCC1CCCCN1Cc1noc(CC)n1. The van der Waals surface area contributed by atoms with E-state index in [1.807, 2.05) is 6.92 Å². The smallest absolute Gasteiger partial charge is 0.226 e. The van der Waals surface area contributed by atoms with Gasteiger partial charge in [-0.25, -0.2) is 0 Å². The van der Waals surface area contributed by atoms with Crippen molar-refractivity contribution in [2.24, 2.45) is 0 Å². The third-order valence-corrected chi connectivity index (χ3v) is 3.54. The van der Waals surface area contributed by atoms with Gasteiger partial charge in [0.05, 0.1) is 6.54 Å². The number of nitrogens with one attached hydrogen (secondary N) is 1. The van der Waals surface area contributed by atoms with Crippen LogP contribution >= 0.6 is 0 Å². The zero-order chi connectivity index (χ0) is 12.8. The van der Waals surface area contributed by atoms with E-state index in [2.05, 4.69) is 27.3 Å². The maximum atomic E-state index is 5.17. The summed E-state index contributed by atoms with van der Waals surface area (Å²) in [7, 11) is 0. The van der Waals surface area contributed by atoms with Gasteiger partial charge in [0.25, 0.3) is 0 Å². The number of likely N-dealkylation sites (N-methyl/N-ethyl adjacent to an activating group) is 1. The van der Waals surface area contributed by atoms with Crippen molar-refractivity contribution in [2.45, 2.75) is 52.1 Å². The molecule has 1 fully saturated rings. The lowest BCUT2D eigenvalue weighted by Gasteiger charge is -2.34. The van der Waals surface area contributed by atoms with Crippen LogP contribution in [0.4, 0.5) is 0 Å². The molecule has 1 aliphatic rings. The first-order chi connectivity index (χ1) is 8.83. The molecule has 0 aromatic carbocycles. The molecular weight excluding hydrogens is 228 g/mol. The van der Waals surface area contributed by atoms with Crippen molar-refractivity contribution in [3.8, 4) is 0 Å². The molecule has 0 aliphatic carbocycles. The average molecular weight is 252 g/mol. The van der Waals surface area contributed by atoms with Crippen LogP contribution in [0.2, 0.25) is 0 Å². The molecule has 1 aromatic heterocycles. The van der Waals surface area contributed by atoms with Crippen molar-refractivity contribution in [3.63, 3.8) is 0 Å². The molecule has 1 atom stereocenters. The van der Waals surface area contributed by atoms with Crippen LogP contribution < -0.4 is 5.32 Å². The van der Waals surface area contributed by atoms with E-state index in [1.165, 1.54) is 19.3 Å². The summed E-state index contributed by atoms with van der Waals surface area (Å²) in [5.74, 6) is 1.57. The van der Waals surface area contributed by atoms with Crippen LogP contribution in [0, 0.1) is 0 Å². The van der Waals surface area contributed by atoms with Gasteiger partial charge in [-0.3, -0.25) is 4.90 Å². The van der Waals surface area contributed by atoms with Crippen LogP contribution in [-0.2, 0) is 13.0 Å². The molecule has 0 bridgehead atoms.